The molecule has 3 aliphatic rings. The second kappa shape index (κ2) is 9.39. The van der Waals surface area contributed by atoms with Gasteiger partial charge in [-0.1, -0.05) is 128 Å². The standard InChI is InChI=1S/C42H41BO2/c1-40(2,3)26-17-19-34-32(23-26)43-33-24-27(41(4,5)6)18-20-35(33)45-37-22-25(21-36(44-34)39(37)43)38-28-13-9-11-15-30(28)42(7,8)31-16-12-10-14-29(31)38/h9-24,38H,1-8H3/i7D3,8D3. The zero-order chi connectivity index (χ0) is 36.5. The highest BCUT2D eigenvalue weighted by atomic mass is 16.5. The number of ether oxygens (including phenoxy) is 2. The Bertz CT molecular complexity index is 2090. The Morgan fingerprint density at radius 1 is 0.600 bits per heavy atom. The number of hydrogen-bond acceptors (Lipinski definition) is 2. The lowest BCUT2D eigenvalue weighted by atomic mass is 9.34. The van der Waals surface area contributed by atoms with Crippen molar-refractivity contribution in [2.45, 2.75) is 77.4 Å². The Balaban J connectivity index is 1.39. The first-order chi connectivity index (χ1) is 23.8. The van der Waals surface area contributed by atoms with Crippen molar-refractivity contribution in [3.8, 4) is 23.0 Å². The van der Waals surface area contributed by atoms with Gasteiger partial charge in [0.15, 0.2) is 0 Å². The summed E-state index contributed by atoms with van der Waals surface area (Å²) in [6, 6.07) is 31.3. The zero-order valence-corrected chi connectivity index (χ0v) is 26.7. The second-order valence-electron chi connectivity index (χ2n) is 14.9. The van der Waals surface area contributed by atoms with Gasteiger partial charge in [-0.15, -0.1) is 0 Å². The molecule has 0 atom stereocenters. The van der Waals surface area contributed by atoms with Crippen LogP contribution in [0, 0.1) is 0 Å². The summed E-state index contributed by atoms with van der Waals surface area (Å²) in [6.45, 7) is 7.44. The van der Waals surface area contributed by atoms with Crippen LogP contribution in [0.3, 0.4) is 0 Å². The quantitative estimate of drug-likeness (QED) is 0.177. The van der Waals surface area contributed by atoms with Crippen LogP contribution in [-0.2, 0) is 16.2 Å². The van der Waals surface area contributed by atoms with Gasteiger partial charge in [-0.2, -0.15) is 0 Å². The zero-order valence-electron chi connectivity index (χ0n) is 32.7. The summed E-state index contributed by atoms with van der Waals surface area (Å²) in [4.78, 5) is 0. The maximum absolute atomic E-state index is 8.76. The highest BCUT2D eigenvalue weighted by molar-refractivity contribution is 6.98. The molecule has 224 valence electrons. The number of hydrogen-bond donors (Lipinski definition) is 0. The summed E-state index contributed by atoms with van der Waals surface area (Å²) < 4.78 is 66.2. The molecule has 5 aromatic rings. The van der Waals surface area contributed by atoms with Gasteiger partial charge >= 0.3 is 0 Å². The molecule has 3 heteroatoms. The van der Waals surface area contributed by atoms with Crippen LogP contribution in [0.5, 0.6) is 23.0 Å². The van der Waals surface area contributed by atoms with Crippen molar-refractivity contribution in [3.05, 3.63) is 136 Å². The maximum atomic E-state index is 8.76. The number of benzene rings is 5. The van der Waals surface area contributed by atoms with Gasteiger partial charge in [0, 0.05) is 25.0 Å². The lowest BCUT2D eigenvalue weighted by Crippen LogP contribution is -2.57. The first-order valence-corrected chi connectivity index (χ1v) is 15.8. The molecule has 0 N–H and O–H groups in total. The molecule has 5 aromatic carbocycles. The van der Waals surface area contributed by atoms with E-state index >= 15 is 0 Å². The highest BCUT2D eigenvalue weighted by Gasteiger charge is 2.43. The normalized spacial score (nSPS) is 18.5. The van der Waals surface area contributed by atoms with E-state index in [1.165, 1.54) is 11.1 Å². The first-order valence-electron chi connectivity index (χ1n) is 18.8. The van der Waals surface area contributed by atoms with Crippen LogP contribution in [-0.4, -0.2) is 6.71 Å². The molecule has 2 heterocycles. The maximum Gasteiger partial charge on any atom is 0.260 e. The minimum atomic E-state index is -2.86. The molecule has 0 amide bonds. The molecule has 1 aliphatic carbocycles. The van der Waals surface area contributed by atoms with Crippen LogP contribution in [0.4, 0.5) is 0 Å². The van der Waals surface area contributed by atoms with Crippen molar-refractivity contribution in [1.29, 1.82) is 0 Å². The van der Waals surface area contributed by atoms with Crippen molar-refractivity contribution in [1.82, 2.24) is 0 Å². The molecule has 0 unspecified atom stereocenters. The van der Waals surface area contributed by atoms with E-state index in [1.807, 2.05) is 36.4 Å². The van der Waals surface area contributed by atoms with Gasteiger partial charge in [0.2, 0.25) is 0 Å². The van der Waals surface area contributed by atoms with E-state index in [1.54, 1.807) is 24.3 Å². The van der Waals surface area contributed by atoms with E-state index in [0.29, 0.717) is 33.8 Å². The summed E-state index contributed by atoms with van der Waals surface area (Å²) in [5, 5.41) is 0. The molecule has 8 rings (SSSR count). The van der Waals surface area contributed by atoms with E-state index in [-0.39, 0.29) is 17.5 Å². The lowest BCUT2D eigenvalue weighted by Gasteiger charge is -2.40. The predicted molar refractivity (Wildman–Crippen MR) is 187 cm³/mol. The SMILES string of the molecule is [2H]C([2H])([2H])C1(C([2H])([2H])[2H])c2ccccc2C(c2cc3c4c(c2)Oc2ccc(C(C)(C)C)cc2B4c2cc(C(C)(C)C)ccc2O3)c2ccccc21. The minimum Gasteiger partial charge on any atom is -0.458 e. The number of rotatable bonds is 1. The van der Waals surface area contributed by atoms with Gasteiger partial charge in [0.1, 0.15) is 23.0 Å². The van der Waals surface area contributed by atoms with Crippen LogP contribution in [0.1, 0.15) is 108 Å². The third kappa shape index (κ3) is 4.23. The van der Waals surface area contributed by atoms with E-state index in [0.717, 1.165) is 33.5 Å². The smallest absolute Gasteiger partial charge is 0.260 e. The van der Waals surface area contributed by atoms with Crippen LogP contribution in [0.15, 0.2) is 97.1 Å². The van der Waals surface area contributed by atoms with Gasteiger partial charge in [0.05, 0.1) is 0 Å². The van der Waals surface area contributed by atoms with Crippen molar-refractivity contribution in [2.75, 3.05) is 0 Å². The lowest BCUT2D eigenvalue weighted by molar-refractivity contribution is 0.462. The second-order valence-corrected chi connectivity index (χ2v) is 14.9. The molecule has 0 fully saturated rings. The molecule has 2 nitrogen and oxygen atoms in total. The number of fused-ring (bicyclic) bond motifs is 6. The molecule has 0 spiro atoms. The fourth-order valence-corrected chi connectivity index (χ4v) is 7.48. The fourth-order valence-electron chi connectivity index (χ4n) is 7.48. The van der Waals surface area contributed by atoms with Crippen LogP contribution >= 0.6 is 0 Å². The molecular weight excluding hydrogens is 547 g/mol. The summed E-state index contributed by atoms with van der Waals surface area (Å²) in [6.07, 6.45) is 0. The van der Waals surface area contributed by atoms with Crippen molar-refractivity contribution >= 4 is 23.1 Å². The molecule has 0 radical (unpaired) electrons. The molecule has 45 heavy (non-hydrogen) atoms. The Labute approximate surface area is 277 Å². The monoisotopic (exact) mass is 594 g/mol. The topological polar surface area (TPSA) is 18.5 Å². The van der Waals surface area contributed by atoms with Crippen LogP contribution in [0.2, 0.25) is 0 Å². The van der Waals surface area contributed by atoms with Crippen molar-refractivity contribution in [2.24, 2.45) is 0 Å². The average Bonchev–Trinajstić information content (AvgIpc) is 3.04. The summed E-state index contributed by atoms with van der Waals surface area (Å²) in [5.41, 5.74) is 5.92. The van der Waals surface area contributed by atoms with Crippen LogP contribution in [0.25, 0.3) is 0 Å². The Hall–Kier alpha value is -4.24. The minimum absolute atomic E-state index is 0.0658. The third-order valence-electron chi connectivity index (χ3n) is 9.91. The van der Waals surface area contributed by atoms with E-state index in [2.05, 4.69) is 77.9 Å². The van der Waals surface area contributed by atoms with E-state index in [9.17, 15) is 0 Å². The largest absolute Gasteiger partial charge is 0.458 e. The Kier molecular flexibility index (Phi) is 4.65. The Morgan fingerprint density at radius 3 is 1.51 bits per heavy atom. The molecule has 0 saturated carbocycles. The van der Waals surface area contributed by atoms with Gasteiger partial charge in [-0.25, -0.2) is 0 Å². The van der Waals surface area contributed by atoms with Crippen molar-refractivity contribution in [3.63, 3.8) is 0 Å². The molecule has 2 aliphatic heterocycles. The van der Waals surface area contributed by atoms with Gasteiger partial charge in [-0.3, -0.25) is 0 Å². The average molecular weight is 595 g/mol. The Morgan fingerprint density at radius 2 is 1.07 bits per heavy atom. The first kappa shape index (κ1) is 22.3. The van der Waals surface area contributed by atoms with E-state index < -0.39 is 25.0 Å². The predicted octanol–water partition coefficient (Wildman–Crippen LogP) is 8.83. The summed E-state index contributed by atoms with van der Waals surface area (Å²) >= 11 is 0. The molecule has 0 saturated heterocycles. The van der Waals surface area contributed by atoms with Gasteiger partial charge in [-0.05, 0) is 85.0 Å². The van der Waals surface area contributed by atoms with Gasteiger partial charge in [0.25, 0.3) is 6.71 Å². The third-order valence-corrected chi connectivity index (χ3v) is 9.91. The van der Waals surface area contributed by atoms with Crippen LogP contribution < -0.4 is 25.9 Å². The fraction of sp³-hybridized carbons (Fsp3) is 0.286. The highest BCUT2D eigenvalue weighted by Crippen LogP contribution is 2.50. The molecular formula is C42H41BO2. The molecule has 0 aromatic heterocycles. The van der Waals surface area contributed by atoms with E-state index in [4.69, 9.17) is 17.7 Å². The van der Waals surface area contributed by atoms with Crippen molar-refractivity contribution < 1.29 is 17.7 Å². The summed E-state index contributed by atoms with van der Waals surface area (Å²) in [5.74, 6) is 2.44. The summed E-state index contributed by atoms with van der Waals surface area (Å²) in [7, 11) is 0. The van der Waals surface area contributed by atoms with Gasteiger partial charge < -0.3 is 9.47 Å². The molecule has 0 bridgehead atoms.